The lowest BCUT2D eigenvalue weighted by atomic mass is 10.1. The minimum atomic E-state index is 0.147. The maximum Gasteiger partial charge on any atom is 0.173 e. The first-order chi connectivity index (χ1) is 12.1. The van der Waals surface area contributed by atoms with E-state index in [4.69, 9.17) is 12.2 Å². The monoisotopic (exact) mass is 351 g/mol. The molecule has 0 aliphatic heterocycles. The molecule has 0 saturated carbocycles. The molecule has 1 atom stereocenters. The molecule has 1 aromatic heterocycles. The van der Waals surface area contributed by atoms with Crippen LogP contribution in [0.15, 0.2) is 61.2 Å². The summed E-state index contributed by atoms with van der Waals surface area (Å²) in [7, 11) is 2.00. The quantitative estimate of drug-likeness (QED) is 0.721. The van der Waals surface area contributed by atoms with E-state index in [1.54, 1.807) is 11.0 Å². The van der Waals surface area contributed by atoms with E-state index < -0.39 is 0 Å². The lowest BCUT2D eigenvalue weighted by molar-refractivity contribution is 0.408. The van der Waals surface area contributed by atoms with Gasteiger partial charge < -0.3 is 10.2 Å². The van der Waals surface area contributed by atoms with Crippen LogP contribution in [0.2, 0.25) is 0 Å². The zero-order valence-corrected chi connectivity index (χ0v) is 15.4. The highest BCUT2D eigenvalue weighted by Crippen LogP contribution is 2.22. The Morgan fingerprint density at radius 2 is 1.88 bits per heavy atom. The fourth-order valence-corrected chi connectivity index (χ4v) is 2.83. The molecule has 128 valence electrons. The molecule has 25 heavy (non-hydrogen) atoms. The summed E-state index contributed by atoms with van der Waals surface area (Å²) in [4.78, 5) is 6.03. The lowest BCUT2D eigenvalue weighted by Crippen LogP contribution is -2.33. The summed E-state index contributed by atoms with van der Waals surface area (Å²) in [5.74, 6) is 0. The molecule has 0 saturated heterocycles. The van der Waals surface area contributed by atoms with Crippen LogP contribution < -0.4 is 5.32 Å². The van der Waals surface area contributed by atoms with E-state index in [-0.39, 0.29) is 6.04 Å². The van der Waals surface area contributed by atoms with E-state index in [0.29, 0.717) is 5.11 Å². The molecule has 0 amide bonds. The van der Waals surface area contributed by atoms with Gasteiger partial charge in [0.25, 0.3) is 0 Å². The number of hydrogen-bond acceptors (Lipinski definition) is 3. The Morgan fingerprint density at radius 1 is 1.16 bits per heavy atom. The fourth-order valence-electron chi connectivity index (χ4n) is 2.56. The Hall–Kier alpha value is -2.73. The number of benzene rings is 2. The van der Waals surface area contributed by atoms with Crippen molar-refractivity contribution in [1.82, 2.24) is 19.7 Å². The van der Waals surface area contributed by atoms with E-state index in [9.17, 15) is 0 Å². The van der Waals surface area contributed by atoms with Gasteiger partial charge in [-0.2, -0.15) is 5.10 Å². The molecule has 0 spiro atoms. The van der Waals surface area contributed by atoms with Crippen LogP contribution in [-0.4, -0.2) is 31.8 Å². The molecule has 3 rings (SSSR count). The van der Waals surface area contributed by atoms with Gasteiger partial charge in [-0.1, -0.05) is 30.3 Å². The largest absolute Gasteiger partial charge is 0.345 e. The number of aromatic nitrogens is 3. The van der Waals surface area contributed by atoms with E-state index in [0.717, 1.165) is 11.4 Å². The van der Waals surface area contributed by atoms with Crippen LogP contribution in [0.1, 0.15) is 24.1 Å². The van der Waals surface area contributed by atoms with E-state index in [1.807, 2.05) is 37.4 Å². The van der Waals surface area contributed by atoms with Gasteiger partial charge in [-0.15, -0.1) is 0 Å². The first kappa shape index (κ1) is 17.1. The zero-order valence-electron chi connectivity index (χ0n) is 14.5. The SMILES string of the molecule is Cc1ccccc1NC(=S)N(C)[C@@H](C)c1ccc(-n2cncn2)cc1. The summed E-state index contributed by atoms with van der Waals surface area (Å²) < 4.78 is 1.74. The molecular weight excluding hydrogens is 330 g/mol. The molecule has 0 bridgehead atoms. The number of para-hydroxylation sites is 1. The van der Waals surface area contributed by atoms with Crippen molar-refractivity contribution in [3.8, 4) is 5.69 Å². The molecule has 1 heterocycles. The van der Waals surface area contributed by atoms with Gasteiger partial charge in [0, 0.05) is 12.7 Å². The molecule has 6 heteroatoms. The van der Waals surface area contributed by atoms with Crippen molar-refractivity contribution < 1.29 is 0 Å². The van der Waals surface area contributed by atoms with Gasteiger partial charge in [0.1, 0.15) is 12.7 Å². The molecule has 0 radical (unpaired) electrons. The van der Waals surface area contributed by atoms with Crippen LogP contribution in [0.4, 0.5) is 5.69 Å². The number of nitrogens with zero attached hydrogens (tertiary/aromatic N) is 4. The highest BCUT2D eigenvalue weighted by atomic mass is 32.1. The van der Waals surface area contributed by atoms with Crippen LogP contribution >= 0.6 is 12.2 Å². The van der Waals surface area contributed by atoms with Crippen LogP contribution in [0, 0.1) is 6.92 Å². The van der Waals surface area contributed by atoms with Crippen LogP contribution in [-0.2, 0) is 0 Å². The predicted octanol–water partition coefficient (Wildman–Crippen LogP) is 3.97. The summed E-state index contributed by atoms with van der Waals surface area (Å²) in [5.41, 5.74) is 4.37. The molecule has 0 aliphatic rings. The highest BCUT2D eigenvalue weighted by Gasteiger charge is 2.15. The molecule has 2 aromatic carbocycles. The van der Waals surface area contributed by atoms with Crippen LogP contribution in [0.25, 0.3) is 5.69 Å². The normalized spacial score (nSPS) is 11.8. The van der Waals surface area contributed by atoms with Crippen molar-refractivity contribution in [2.45, 2.75) is 19.9 Å². The number of aryl methyl sites for hydroxylation is 1. The summed E-state index contributed by atoms with van der Waals surface area (Å²) >= 11 is 5.58. The standard InChI is InChI=1S/C19H21N5S/c1-14-6-4-5-7-18(14)22-19(25)23(3)15(2)16-8-10-17(11-9-16)24-13-20-12-21-24/h4-13,15H,1-3H3,(H,22,25)/t15-/m0/s1. The van der Waals surface area contributed by atoms with Gasteiger partial charge in [0.05, 0.1) is 11.7 Å². The van der Waals surface area contributed by atoms with Gasteiger partial charge in [0.2, 0.25) is 0 Å². The average molecular weight is 351 g/mol. The molecule has 5 nitrogen and oxygen atoms in total. The minimum absolute atomic E-state index is 0.147. The predicted molar refractivity (Wildman–Crippen MR) is 105 cm³/mol. The average Bonchev–Trinajstić information content (AvgIpc) is 3.17. The number of hydrogen-bond donors (Lipinski definition) is 1. The fraction of sp³-hybridized carbons (Fsp3) is 0.211. The molecule has 1 N–H and O–H groups in total. The van der Waals surface area contributed by atoms with Gasteiger partial charge >= 0.3 is 0 Å². The van der Waals surface area contributed by atoms with Gasteiger partial charge in [-0.3, -0.25) is 0 Å². The number of thiocarbonyl (C=S) groups is 1. The van der Waals surface area contributed by atoms with E-state index in [2.05, 4.69) is 52.3 Å². The minimum Gasteiger partial charge on any atom is -0.345 e. The summed E-state index contributed by atoms with van der Waals surface area (Å²) in [6.45, 7) is 4.20. The Morgan fingerprint density at radius 3 is 2.52 bits per heavy atom. The van der Waals surface area contributed by atoms with Gasteiger partial charge in [-0.25, -0.2) is 9.67 Å². The molecule has 0 aliphatic carbocycles. The first-order valence-corrected chi connectivity index (χ1v) is 8.51. The topological polar surface area (TPSA) is 46.0 Å². The second kappa shape index (κ2) is 7.44. The van der Waals surface area contributed by atoms with Crippen LogP contribution in [0.3, 0.4) is 0 Å². The Balaban J connectivity index is 1.70. The molecule has 0 unspecified atom stereocenters. The maximum atomic E-state index is 5.58. The number of nitrogens with one attached hydrogen (secondary N) is 1. The third-order valence-corrected chi connectivity index (χ3v) is 4.74. The van der Waals surface area contributed by atoms with Gasteiger partial charge in [-0.05, 0) is 55.4 Å². The van der Waals surface area contributed by atoms with Crippen molar-refractivity contribution in [2.75, 3.05) is 12.4 Å². The second-order valence-corrected chi connectivity index (χ2v) is 6.35. The third-order valence-electron chi connectivity index (χ3n) is 4.35. The zero-order chi connectivity index (χ0) is 17.8. The Labute approximate surface area is 153 Å². The van der Waals surface area contributed by atoms with Crippen molar-refractivity contribution in [2.24, 2.45) is 0 Å². The third kappa shape index (κ3) is 3.85. The maximum absolute atomic E-state index is 5.58. The smallest absolute Gasteiger partial charge is 0.173 e. The second-order valence-electron chi connectivity index (χ2n) is 5.96. The molecule has 3 aromatic rings. The van der Waals surface area contributed by atoms with Crippen molar-refractivity contribution in [3.05, 3.63) is 72.3 Å². The summed E-state index contributed by atoms with van der Waals surface area (Å²) in [6.07, 6.45) is 3.21. The summed E-state index contributed by atoms with van der Waals surface area (Å²) in [6, 6.07) is 16.5. The molecular formula is C19H21N5S. The van der Waals surface area contributed by atoms with Crippen molar-refractivity contribution in [1.29, 1.82) is 0 Å². The highest BCUT2D eigenvalue weighted by molar-refractivity contribution is 7.80. The Bertz CT molecular complexity index is 843. The molecule has 0 fully saturated rings. The summed E-state index contributed by atoms with van der Waals surface area (Å²) in [5, 5.41) is 8.17. The number of rotatable bonds is 4. The lowest BCUT2D eigenvalue weighted by Gasteiger charge is -2.28. The van der Waals surface area contributed by atoms with Crippen molar-refractivity contribution in [3.63, 3.8) is 0 Å². The van der Waals surface area contributed by atoms with Gasteiger partial charge in [0.15, 0.2) is 5.11 Å². The first-order valence-electron chi connectivity index (χ1n) is 8.10. The van der Waals surface area contributed by atoms with E-state index in [1.165, 1.54) is 17.5 Å². The Kier molecular flexibility index (Phi) is 5.09. The van der Waals surface area contributed by atoms with E-state index >= 15 is 0 Å². The number of anilines is 1. The van der Waals surface area contributed by atoms with Crippen molar-refractivity contribution >= 4 is 23.0 Å². The van der Waals surface area contributed by atoms with Crippen LogP contribution in [0.5, 0.6) is 0 Å².